The van der Waals surface area contributed by atoms with E-state index in [-0.39, 0.29) is 5.97 Å². The maximum absolute atomic E-state index is 10.7. The molecule has 5 heteroatoms. The van der Waals surface area contributed by atoms with Gasteiger partial charge in [-0.1, -0.05) is 24.4 Å². The molecule has 0 aliphatic carbocycles. The number of rotatable bonds is 8. The standard InChI is InChI=1S/C9H17N3O2/c1-14-9(13)7-5-3-2-4-6-8-11-12-10/h2-8H2,1H3. The summed E-state index contributed by atoms with van der Waals surface area (Å²) in [5.74, 6) is -0.140. The zero-order valence-corrected chi connectivity index (χ0v) is 8.61. The first kappa shape index (κ1) is 12.8. The van der Waals surface area contributed by atoms with E-state index >= 15 is 0 Å². The number of hydrogen-bond donors (Lipinski definition) is 0. The molecule has 0 saturated heterocycles. The predicted octanol–water partition coefficient (Wildman–Crippen LogP) is 2.81. The summed E-state index contributed by atoms with van der Waals surface area (Å²) in [7, 11) is 1.40. The van der Waals surface area contributed by atoms with Crippen LogP contribution in [0.1, 0.15) is 38.5 Å². The summed E-state index contributed by atoms with van der Waals surface area (Å²) in [5.41, 5.74) is 8.00. The zero-order valence-electron chi connectivity index (χ0n) is 8.61. The Kier molecular flexibility index (Phi) is 9.01. The molecule has 0 aromatic heterocycles. The summed E-state index contributed by atoms with van der Waals surface area (Å²) in [6.07, 6.45) is 5.49. The lowest BCUT2D eigenvalue weighted by atomic mass is 10.1. The summed E-state index contributed by atoms with van der Waals surface area (Å²) < 4.78 is 4.52. The maximum atomic E-state index is 10.7. The largest absolute Gasteiger partial charge is 0.469 e. The Morgan fingerprint density at radius 2 is 1.93 bits per heavy atom. The van der Waals surface area contributed by atoms with E-state index in [1.54, 1.807) is 0 Å². The molecule has 0 atom stereocenters. The average Bonchev–Trinajstić information content (AvgIpc) is 2.21. The predicted molar refractivity (Wildman–Crippen MR) is 53.7 cm³/mol. The molecular formula is C9H17N3O2. The number of methoxy groups -OCH3 is 1. The Labute approximate surface area is 84.1 Å². The van der Waals surface area contributed by atoms with Gasteiger partial charge in [0, 0.05) is 17.9 Å². The molecule has 80 valence electrons. The van der Waals surface area contributed by atoms with Crippen LogP contribution in [0.4, 0.5) is 0 Å². The number of ether oxygens (including phenoxy) is 1. The van der Waals surface area contributed by atoms with Crippen molar-refractivity contribution in [2.24, 2.45) is 5.11 Å². The van der Waals surface area contributed by atoms with E-state index in [1.165, 1.54) is 7.11 Å². The molecule has 0 aromatic carbocycles. The Hall–Kier alpha value is -1.22. The summed E-state index contributed by atoms with van der Waals surface area (Å²) in [5, 5.41) is 3.44. The summed E-state index contributed by atoms with van der Waals surface area (Å²) in [4.78, 5) is 13.4. The number of esters is 1. The average molecular weight is 199 g/mol. The van der Waals surface area contributed by atoms with E-state index in [2.05, 4.69) is 14.8 Å². The van der Waals surface area contributed by atoms with Gasteiger partial charge >= 0.3 is 5.97 Å². The molecule has 0 heterocycles. The van der Waals surface area contributed by atoms with Crippen LogP contribution in [0.5, 0.6) is 0 Å². The first-order valence-electron chi connectivity index (χ1n) is 4.89. The lowest BCUT2D eigenvalue weighted by molar-refractivity contribution is -0.140. The third-order valence-corrected chi connectivity index (χ3v) is 1.93. The minimum absolute atomic E-state index is 0.140. The molecule has 0 N–H and O–H groups in total. The maximum Gasteiger partial charge on any atom is 0.305 e. The normalized spacial score (nSPS) is 9.21. The van der Waals surface area contributed by atoms with Gasteiger partial charge in [-0.2, -0.15) is 0 Å². The van der Waals surface area contributed by atoms with Crippen LogP contribution in [0.2, 0.25) is 0 Å². The van der Waals surface area contributed by atoms with Gasteiger partial charge in [-0.15, -0.1) is 0 Å². The Morgan fingerprint density at radius 3 is 2.57 bits per heavy atom. The molecule has 5 nitrogen and oxygen atoms in total. The van der Waals surface area contributed by atoms with Gasteiger partial charge in [0.25, 0.3) is 0 Å². The van der Waals surface area contributed by atoms with Gasteiger partial charge in [-0.3, -0.25) is 4.79 Å². The van der Waals surface area contributed by atoms with Crippen LogP contribution < -0.4 is 0 Å². The summed E-state index contributed by atoms with van der Waals surface area (Å²) >= 11 is 0. The number of carbonyl (C=O) groups excluding carboxylic acids is 1. The Bertz CT molecular complexity index is 200. The quantitative estimate of drug-likeness (QED) is 0.198. The van der Waals surface area contributed by atoms with Crippen molar-refractivity contribution >= 4 is 5.97 Å². The van der Waals surface area contributed by atoms with Crippen LogP contribution in [-0.4, -0.2) is 19.6 Å². The third-order valence-electron chi connectivity index (χ3n) is 1.93. The topological polar surface area (TPSA) is 75.1 Å². The molecule has 14 heavy (non-hydrogen) atoms. The van der Waals surface area contributed by atoms with E-state index < -0.39 is 0 Å². The van der Waals surface area contributed by atoms with E-state index in [0.29, 0.717) is 13.0 Å². The van der Waals surface area contributed by atoms with Crippen molar-refractivity contribution in [3.05, 3.63) is 10.4 Å². The minimum Gasteiger partial charge on any atom is -0.469 e. The van der Waals surface area contributed by atoms with Crippen molar-refractivity contribution in [1.82, 2.24) is 0 Å². The monoisotopic (exact) mass is 199 g/mol. The molecule has 0 aromatic rings. The van der Waals surface area contributed by atoms with E-state index in [0.717, 1.165) is 32.1 Å². The van der Waals surface area contributed by atoms with Crippen molar-refractivity contribution < 1.29 is 9.53 Å². The van der Waals surface area contributed by atoms with Gasteiger partial charge in [0.1, 0.15) is 0 Å². The molecule has 0 aliphatic rings. The van der Waals surface area contributed by atoms with Crippen molar-refractivity contribution in [3.8, 4) is 0 Å². The zero-order chi connectivity index (χ0) is 10.6. The summed E-state index contributed by atoms with van der Waals surface area (Å²) in [6.45, 7) is 0.577. The highest BCUT2D eigenvalue weighted by molar-refractivity contribution is 5.68. The van der Waals surface area contributed by atoms with Gasteiger partial charge < -0.3 is 4.74 Å². The second-order valence-corrected chi connectivity index (χ2v) is 3.05. The van der Waals surface area contributed by atoms with E-state index in [9.17, 15) is 4.79 Å². The molecule has 0 aliphatic heterocycles. The van der Waals surface area contributed by atoms with Crippen LogP contribution >= 0.6 is 0 Å². The van der Waals surface area contributed by atoms with Crippen molar-refractivity contribution in [2.75, 3.05) is 13.7 Å². The number of hydrogen-bond acceptors (Lipinski definition) is 3. The Morgan fingerprint density at radius 1 is 1.29 bits per heavy atom. The molecule has 0 spiro atoms. The fourth-order valence-corrected chi connectivity index (χ4v) is 1.13. The van der Waals surface area contributed by atoms with Gasteiger partial charge in [0.15, 0.2) is 0 Å². The SMILES string of the molecule is COC(=O)CCCCCCCN=[N+]=[N-]. The van der Waals surface area contributed by atoms with Crippen LogP contribution in [0, 0.1) is 0 Å². The van der Waals surface area contributed by atoms with Gasteiger partial charge in [-0.25, -0.2) is 0 Å². The molecule has 0 rings (SSSR count). The molecule has 0 saturated carbocycles. The number of nitrogens with zero attached hydrogens (tertiary/aromatic N) is 3. The first-order valence-corrected chi connectivity index (χ1v) is 4.89. The third kappa shape index (κ3) is 8.87. The number of unbranched alkanes of at least 4 members (excludes halogenated alkanes) is 4. The highest BCUT2D eigenvalue weighted by Gasteiger charge is 1.98. The van der Waals surface area contributed by atoms with Crippen LogP contribution in [0.3, 0.4) is 0 Å². The second kappa shape index (κ2) is 9.86. The fourth-order valence-electron chi connectivity index (χ4n) is 1.13. The van der Waals surface area contributed by atoms with Gasteiger partial charge in [-0.05, 0) is 18.4 Å². The molecule has 0 fully saturated rings. The lowest BCUT2D eigenvalue weighted by Gasteiger charge is -1.99. The van der Waals surface area contributed by atoms with Crippen LogP contribution in [-0.2, 0) is 9.53 Å². The minimum atomic E-state index is -0.140. The fraction of sp³-hybridized carbons (Fsp3) is 0.889. The van der Waals surface area contributed by atoms with Crippen molar-refractivity contribution in [1.29, 1.82) is 0 Å². The van der Waals surface area contributed by atoms with Gasteiger partial charge in [0.2, 0.25) is 0 Å². The molecule has 0 unspecified atom stereocenters. The second-order valence-electron chi connectivity index (χ2n) is 3.05. The van der Waals surface area contributed by atoms with Gasteiger partial charge in [0.05, 0.1) is 7.11 Å². The Balaban J connectivity index is 3.06. The number of azide groups is 1. The lowest BCUT2D eigenvalue weighted by Crippen LogP contribution is -1.99. The highest BCUT2D eigenvalue weighted by Crippen LogP contribution is 2.05. The van der Waals surface area contributed by atoms with Crippen molar-refractivity contribution in [3.63, 3.8) is 0 Å². The first-order chi connectivity index (χ1) is 6.81. The molecular weight excluding hydrogens is 182 g/mol. The highest BCUT2D eigenvalue weighted by atomic mass is 16.5. The van der Waals surface area contributed by atoms with E-state index in [1.807, 2.05) is 0 Å². The van der Waals surface area contributed by atoms with Crippen LogP contribution in [0.15, 0.2) is 5.11 Å². The molecule has 0 bridgehead atoms. The van der Waals surface area contributed by atoms with Crippen molar-refractivity contribution in [2.45, 2.75) is 38.5 Å². The molecule has 0 amide bonds. The van der Waals surface area contributed by atoms with Crippen LogP contribution in [0.25, 0.3) is 10.4 Å². The van der Waals surface area contributed by atoms with E-state index in [4.69, 9.17) is 5.53 Å². The smallest absolute Gasteiger partial charge is 0.305 e. The summed E-state index contributed by atoms with van der Waals surface area (Å²) in [6, 6.07) is 0. The molecule has 0 radical (unpaired) electrons. The number of carbonyl (C=O) groups is 1.